The number of unbranched alkanes of at least 4 members (excludes halogenated alkanes) is 1. The number of aliphatic hydroxyl groups is 1. The van der Waals surface area contributed by atoms with Gasteiger partial charge in [-0.25, -0.2) is 0 Å². The maximum atomic E-state index is 13.1. The van der Waals surface area contributed by atoms with Crippen molar-refractivity contribution in [2.45, 2.75) is 39.7 Å². The number of aromatic amines is 1. The van der Waals surface area contributed by atoms with Crippen molar-refractivity contribution in [2.24, 2.45) is 0 Å². The molecule has 2 aromatic carbocycles. The van der Waals surface area contributed by atoms with Crippen LogP contribution in [0.3, 0.4) is 0 Å². The third-order valence-electron chi connectivity index (χ3n) is 5.86. The van der Waals surface area contributed by atoms with E-state index in [-0.39, 0.29) is 11.3 Å². The van der Waals surface area contributed by atoms with Crippen molar-refractivity contribution in [3.05, 3.63) is 76.5 Å². The molecule has 0 bridgehead atoms. The maximum Gasteiger partial charge on any atom is 0.295 e. The van der Waals surface area contributed by atoms with E-state index in [1.807, 2.05) is 69.4 Å². The van der Waals surface area contributed by atoms with Crippen molar-refractivity contribution in [2.75, 3.05) is 6.54 Å². The molecule has 1 unspecified atom stereocenters. The molecule has 1 atom stereocenters. The Labute approximate surface area is 176 Å². The van der Waals surface area contributed by atoms with E-state index in [2.05, 4.69) is 4.98 Å². The first-order chi connectivity index (χ1) is 14.4. The minimum atomic E-state index is -0.625. The average molecular weight is 402 g/mol. The van der Waals surface area contributed by atoms with Gasteiger partial charge in [0.2, 0.25) is 0 Å². The van der Waals surface area contributed by atoms with E-state index in [1.165, 1.54) is 0 Å². The summed E-state index contributed by atoms with van der Waals surface area (Å²) < 4.78 is 0. The minimum Gasteiger partial charge on any atom is -0.507 e. The molecule has 0 aliphatic carbocycles. The van der Waals surface area contributed by atoms with Crippen LogP contribution in [-0.2, 0) is 9.59 Å². The van der Waals surface area contributed by atoms with Gasteiger partial charge in [0.15, 0.2) is 0 Å². The molecule has 0 saturated carbocycles. The number of benzene rings is 2. The number of carbonyl (C=O) groups is 2. The van der Waals surface area contributed by atoms with Crippen LogP contribution in [0.15, 0.2) is 54.2 Å². The van der Waals surface area contributed by atoms with Crippen LogP contribution in [0, 0.1) is 13.8 Å². The molecule has 1 saturated heterocycles. The van der Waals surface area contributed by atoms with Gasteiger partial charge in [0.1, 0.15) is 5.76 Å². The van der Waals surface area contributed by atoms with Crippen LogP contribution in [0.1, 0.15) is 48.1 Å². The Hall–Kier alpha value is -3.34. The fourth-order valence-corrected chi connectivity index (χ4v) is 4.22. The Morgan fingerprint density at radius 3 is 2.67 bits per heavy atom. The molecule has 30 heavy (non-hydrogen) atoms. The molecule has 2 heterocycles. The van der Waals surface area contributed by atoms with E-state index in [9.17, 15) is 14.7 Å². The number of nitrogens with one attached hydrogen (secondary N) is 1. The van der Waals surface area contributed by atoms with Gasteiger partial charge >= 0.3 is 0 Å². The van der Waals surface area contributed by atoms with E-state index in [0.717, 1.165) is 40.4 Å². The molecule has 1 aliphatic heterocycles. The number of carbonyl (C=O) groups excluding carboxylic acids is 2. The van der Waals surface area contributed by atoms with Gasteiger partial charge in [-0.3, -0.25) is 9.59 Å². The number of hydrogen-bond acceptors (Lipinski definition) is 3. The topological polar surface area (TPSA) is 73.4 Å². The smallest absolute Gasteiger partial charge is 0.295 e. The second-order valence-electron chi connectivity index (χ2n) is 7.95. The number of rotatable bonds is 5. The van der Waals surface area contributed by atoms with E-state index >= 15 is 0 Å². The van der Waals surface area contributed by atoms with Gasteiger partial charge in [0.05, 0.1) is 11.6 Å². The van der Waals surface area contributed by atoms with E-state index in [1.54, 1.807) is 4.90 Å². The number of hydrogen-bond donors (Lipinski definition) is 2. The molecule has 1 aliphatic rings. The molecular weight excluding hydrogens is 376 g/mol. The summed E-state index contributed by atoms with van der Waals surface area (Å²) in [6.45, 7) is 6.35. The monoisotopic (exact) mass is 402 g/mol. The maximum absolute atomic E-state index is 13.1. The van der Waals surface area contributed by atoms with Crippen LogP contribution in [0.4, 0.5) is 0 Å². The third kappa shape index (κ3) is 3.20. The van der Waals surface area contributed by atoms with Gasteiger partial charge in [-0.1, -0.05) is 49.2 Å². The van der Waals surface area contributed by atoms with Crippen molar-refractivity contribution < 1.29 is 14.7 Å². The highest BCUT2D eigenvalue weighted by molar-refractivity contribution is 6.46. The molecule has 1 fully saturated rings. The number of para-hydroxylation sites is 1. The number of aliphatic hydroxyl groups excluding tert-OH is 1. The second kappa shape index (κ2) is 7.82. The fourth-order valence-electron chi connectivity index (χ4n) is 4.22. The van der Waals surface area contributed by atoms with Crippen LogP contribution >= 0.6 is 0 Å². The van der Waals surface area contributed by atoms with Gasteiger partial charge in [0, 0.05) is 34.8 Å². The Balaban J connectivity index is 1.96. The highest BCUT2D eigenvalue weighted by atomic mass is 16.3. The molecule has 4 rings (SSSR count). The van der Waals surface area contributed by atoms with Crippen LogP contribution in [0.25, 0.3) is 16.7 Å². The lowest BCUT2D eigenvalue weighted by Crippen LogP contribution is -2.30. The number of aryl methyl sites for hydroxylation is 2. The van der Waals surface area contributed by atoms with Crippen molar-refractivity contribution in [1.29, 1.82) is 0 Å². The molecule has 5 heteroatoms. The number of aromatic nitrogens is 1. The van der Waals surface area contributed by atoms with Gasteiger partial charge in [0.25, 0.3) is 11.7 Å². The minimum absolute atomic E-state index is 0.108. The summed E-state index contributed by atoms with van der Waals surface area (Å²) in [5.74, 6) is -1.28. The second-order valence-corrected chi connectivity index (χ2v) is 7.95. The third-order valence-corrected chi connectivity index (χ3v) is 5.86. The molecule has 3 aromatic rings. The van der Waals surface area contributed by atoms with Crippen molar-refractivity contribution in [1.82, 2.24) is 9.88 Å². The predicted molar refractivity (Wildman–Crippen MR) is 118 cm³/mol. The molecular formula is C25H26N2O3. The average Bonchev–Trinajstić information content (AvgIpc) is 3.27. The van der Waals surface area contributed by atoms with Crippen LogP contribution in [-0.4, -0.2) is 33.2 Å². The summed E-state index contributed by atoms with van der Waals surface area (Å²) >= 11 is 0. The summed E-state index contributed by atoms with van der Waals surface area (Å²) in [5.41, 5.74) is 4.34. The van der Waals surface area contributed by atoms with Gasteiger partial charge < -0.3 is 15.0 Å². The van der Waals surface area contributed by atoms with Crippen LogP contribution in [0.2, 0.25) is 0 Å². The summed E-state index contributed by atoms with van der Waals surface area (Å²) in [5, 5.41) is 12.2. The molecule has 154 valence electrons. The van der Waals surface area contributed by atoms with Crippen molar-refractivity contribution in [3.63, 3.8) is 0 Å². The molecule has 0 spiro atoms. The lowest BCUT2D eigenvalue weighted by atomic mass is 9.93. The Bertz CT molecular complexity index is 1170. The van der Waals surface area contributed by atoms with Crippen molar-refractivity contribution in [3.8, 4) is 0 Å². The lowest BCUT2D eigenvalue weighted by Gasteiger charge is -2.25. The number of ketones is 1. The summed E-state index contributed by atoms with van der Waals surface area (Å²) in [4.78, 5) is 30.9. The normalized spacial score (nSPS) is 18.5. The zero-order valence-electron chi connectivity index (χ0n) is 17.5. The van der Waals surface area contributed by atoms with E-state index in [0.29, 0.717) is 12.1 Å². The Kier molecular flexibility index (Phi) is 5.20. The summed E-state index contributed by atoms with van der Waals surface area (Å²) in [7, 11) is 0. The lowest BCUT2D eigenvalue weighted by molar-refractivity contribution is -0.139. The molecule has 5 nitrogen and oxygen atoms in total. The number of fused-ring (bicyclic) bond motifs is 1. The highest BCUT2D eigenvalue weighted by Crippen LogP contribution is 2.42. The standard InChI is InChI=1S/C25H26N2O3/c1-4-5-12-27-22(19-14-26-20-9-7-6-8-17(19)20)21(24(29)25(27)30)23(28)18-13-15(2)10-11-16(18)3/h6-11,13-14,22,26,28H,4-5,12H2,1-3H3/b23-21+. The summed E-state index contributed by atoms with van der Waals surface area (Å²) in [6.07, 6.45) is 3.53. The number of amides is 1. The first kappa shape index (κ1) is 20.0. The number of likely N-dealkylation sites (tertiary alicyclic amines) is 1. The van der Waals surface area contributed by atoms with E-state index < -0.39 is 17.7 Å². The SMILES string of the molecule is CCCCN1C(=O)C(=O)/C(=C(/O)c2cc(C)ccc2C)C1c1c[nH]c2ccccc12. The Morgan fingerprint density at radius 2 is 1.90 bits per heavy atom. The van der Waals surface area contributed by atoms with E-state index in [4.69, 9.17) is 0 Å². The zero-order valence-corrected chi connectivity index (χ0v) is 17.5. The largest absolute Gasteiger partial charge is 0.507 e. The van der Waals surface area contributed by atoms with Crippen molar-refractivity contribution >= 4 is 28.4 Å². The van der Waals surface area contributed by atoms with Gasteiger partial charge in [-0.2, -0.15) is 0 Å². The Morgan fingerprint density at radius 1 is 1.13 bits per heavy atom. The van der Waals surface area contributed by atoms with Gasteiger partial charge in [-0.15, -0.1) is 0 Å². The predicted octanol–water partition coefficient (Wildman–Crippen LogP) is 5.01. The zero-order chi connectivity index (χ0) is 21.4. The molecule has 0 radical (unpaired) electrons. The van der Waals surface area contributed by atoms with Crippen LogP contribution in [0.5, 0.6) is 0 Å². The fraction of sp³-hybridized carbons (Fsp3) is 0.280. The number of H-pyrrole nitrogens is 1. The van der Waals surface area contributed by atoms with Gasteiger partial charge in [-0.05, 0) is 38.0 Å². The summed E-state index contributed by atoms with van der Waals surface area (Å²) in [6, 6.07) is 12.9. The first-order valence-corrected chi connectivity index (χ1v) is 10.4. The molecule has 1 amide bonds. The quantitative estimate of drug-likeness (QED) is 0.358. The number of Topliss-reactive ketones (excluding diaryl/α,β-unsaturated/α-hetero) is 1. The molecule has 1 aromatic heterocycles. The number of nitrogens with zero attached hydrogens (tertiary/aromatic N) is 1. The highest BCUT2D eigenvalue weighted by Gasteiger charge is 2.46. The van der Waals surface area contributed by atoms with Crippen LogP contribution < -0.4 is 0 Å². The molecule has 2 N–H and O–H groups in total. The first-order valence-electron chi connectivity index (χ1n) is 10.4.